The summed E-state index contributed by atoms with van der Waals surface area (Å²) >= 11 is 0. The van der Waals surface area contributed by atoms with Gasteiger partial charge in [-0.1, -0.05) is 12.1 Å². The number of aromatic nitrogens is 2. The first-order valence-corrected chi connectivity index (χ1v) is 6.76. The van der Waals surface area contributed by atoms with Crippen LogP contribution < -0.4 is 5.32 Å². The molecule has 1 heterocycles. The third-order valence-corrected chi connectivity index (χ3v) is 3.48. The molecule has 100 valence electrons. The lowest BCUT2D eigenvalue weighted by atomic mass is 10.1. The van der Waals surface area contributed by atoms with Crippen molar-refractivity contribution in [2.45, 2.75) is 32.2 Å². The van der Waals surface area contributed by atoms with E-state index in [1.54, 1.807) is 25.3 Å². The summed E-state index contributed by atoms with van der Waals surface area (Å²) in [5, 5.41) is 3.45. The molecule has 0 atom stereocenters. The lowest BCUT2D eigenvalue weighted by molar-refractivity contribution is 0.619. The van der Waals surface area contributed by atoms with Crippen molar-refractivity contribution in [1.82, 2.24) is 15.3 Å². The zero-order chi connectivity index (χ0) is 13.2. The van der Waals surface area contributed by atoms with Crippen LogP contribution in [0.25, 0.3) is 11.3 Å². The second kappa shape index (κ2) is 5.13. The van der Waals surface area contributed by atoms with Crippen LogP contribution in [0.15, 0.2) is 24.4 Å². The van der Waals surface area contributed by atoms with Gasteiger partial charge >= 0.3 is 0 Å². The van der Waals surface area contributed by atoms with E-state index in [9.17, 15) is 4.39 Å². The monoisotopic (exact) mass is 259 g/mol. The summed E-state index contributed by atoms with van der Waals surface area (Å²) in [6, 6.07) is 5.98. The van der Waals surface area contributed by atoms with Gasteiger partial charge in [0.2, 0.25) is 0 Å². The number of hydrogen-bond acceptors (Lipinski definition) is 2. The van der Waals surface area contributed by atoms with Gasteiger partial charge < -0.3 is 10.3 Å². The van der Waals surface area contributed by atoms with Gasteiger partial charge in [-0.25, -0.2) is 9.37 Å². The molecule has 1 saturated carbocycles. The standard InChI is InChI=1S/C15H18FN3/c1-10-2-3-11(8-13(10)16)14-9-18-15(19-14)6-7-17-12-4-5-12/h2-3,8-9,12,17H,4-7H2,1H3,(H,18,19). The van der Waals surface area contributed by atoms with Gasteiger partial charge in [0, 0.05) is 24.6 Å². The van der Waals surface area contributed by atoms with Crippen LogP contribution in [0.3, 0.4) is 0 Å². The summed E-state index contributed by atoms with van der Waals surface area (Å²) < 4.78 is 13.5. The molecule has 0 saturated heterocycles. The minimum absolute atomic E-state index is 0.177. The van der Waals surface area contributed by atoms with Crippen molar-refractivity contribution in [2.24, 2.45) is 0 Å². The highest BCUT2D eigenvalue weighted by Crippen LogP contribution is 2.20. The molecule has 1 aliphatic rings. The van der Waals surface area contributed by atoms with Crippen LogP contribution in [0.1, 0.15) is 24.2 Å². The van der Waals surface area contributed by atoms with Crippen LogP contribution in [0, 0.1) is 12.7 Å². The maximum absolute atomic E-state index is 13.5. The summed E-state index contributed by atoms with van der Waals surface area (Å²) in [6.07, 6.45) is 5.25. The van der Waals surface area contributed by atoms with E-state index in [1.165, 1.54) is 12.8 Å². The molecule has 4 heteroatoms. The minimum Gasteiger partial charge on any atom is -0.342 e. The summed E-state index contributed by atoms with van der Waals surface area (Å²) in [5.74, 6) is 0.771. The topological polar surface area (TPSA) is 40.7 Å². The number of aromatic amines is 1. The molecule has 2 aromatic rings. The van der Waals surface area contributed by atoms with Gasteiger partial charge in [-0.2, -0.15) is 0 Å². The Morgan fingerprint density at radius 3 is 3.00 bits per heavy atom. The molecule has 0 bridgehead atoms. The van der Waals surface area contributed by atoms with E-state index in [4.69, 9.17) is 0 Å². The van der Waals surface area contributed by atoms with E-state index >= 15 is 0 Å². The molecule has 0 radical (unpaired) electrons. The first-order valence-electron chi connectivity index (χ1n) is 6.76. The molecule has 19 heavy (non-hydrogen) atoms. The molecule has 3 nitrogen and oxygen atoms in total. The maximum Gasteiger partial charge on any atom is 0.126 e. The molecule has 0 aliphatic heterocycles. The number of aryl methyl sites for hydroxylation is 1. The molecule has 0 unspecified atom stereocenters. The summed E-state index contributed by atoms with van der Waals surface area (Å²) in [4.78, 5) is 7.60. The first kappa shape index (κ1) is 12.4. The molecular weight excluding hydrogens is 241 g/mol. The average Bonchev–Trinajstić information content (AvgIpc) is 3.10. The fourth-order valence-electron chi connectivity index (χ4n) is 2.08. The van der Waals surface area contributed by atoms with E-state index in [2.05, 4.69) is 15.3 Å². The van der Waals surface area contributed by atoms with E-state index in [0.717, 1.165) is 36.1 Å². The van der Waals surface area contributed by atoms with Crippen LogP contribution >= 0.6 is 0 Å². The fourth-order valence-corrected chi connectivity index (χ4v) is 2.08. The van der Waals surface area contributed by atoms with Gasteiger partial charge in [0.05, 0.1) is 11.9 Å². The summed E-state index contributed by atoms with van der Waals surface area (Å²) in [5.41, 5.74) is 2.38. The SMILES string of the molecule is Cc1ccc(-c2cnc(CCNC3CC3)[nH]2)cc1F. The largest absolute Gasteiger partial charge is 0.342 e. The van der Waals surface area contributed by atoms with Crippen molar-refractivity contribution in [2.75, 3.05) is 6.54 Å². The Labute approximate surface area is 112 Å². The zero-order valence-electron chi connectivity index (χ0n) is 11.0. The van der Waals surface area contributed by atoms with Gasteiger partial charge in [-0.05, 0) is 31.4 Å². The number of rotatable bonds is 5. The Kier molecular flexibility index (Phi) is 3.34. The number of imidazole rings is 1. The van der Waals surface area contributed by atoms with Crippen molar-refractivity contribution < 1.29 is 4.39 Å². The number of hydrogen-bond donors (Lipinski definition) is 2. The highest BCUT2D eigenvalue weighted by atomic mass is 19.1. The Morgan fingerprint density at radius 1 is 1.42 bits per heavy atom. The van der Waals surface area contributed by atoms with E-state index in [-0.39, 0.29) is 5.82 Å². The second-order valence-electron chi connectivity index (χ2n) is 5.19. The van der Waals surface area contributed by atoms with Crippen LogP contribution in [-0.2, 0) is 6.42 Å². The predicted molar refractivity (Wildman–Crippen MR) is 73.4 cm³/mol. The molecule has 0 spiro atoms. The number of H-pyrrole nitrogens is 1. The van der Waals surface area contributed by atoms with Crippen LogP contribution in [0.4, 0.5) is 4.39 Å². The Bertz CT molecular complexity index is 573. The van der Waals surface area contributed by atoms with Gasteiger partial charge in [-0.3, -0.25) is 0 Å². The van der Waals surface area contributed by atoms with Crippen molar-refractivity contribution >= 4 is 0 Å². The second-order valence-corrected chi connectivity index (χ2v) is 5.19. The molecular formula is C15H18FN3. The lowest BCUT2D eigenvalue weighted by Gasteiger charge is -2.01. The Hall–Kier alpha value is -1.68. The van der Waals surface area contributed by atoms with Gasteiger partial charge in [0.1, 0.15) is 11.6 Å². The van der Waals surface area contributed by atoms with Crippen LogP contribution in [0.2, 0.25) is 0 Å². The van der Waals surface area contributed by atoms with Crippen molar-refractivity contribution in [3.05, 3.63) is 41.6 Å². The van der Waals surface area contributed by atoms with E-state index in [0.29, 0.717) is 5.56 Å². The predicted octanol–water partition coefficient (Wildman–Crippen LogP) is 2.82. The third kappa shape index (κ3) is 3.01. The fraction of sp³-hybridized carbons (Fsp3) is 0.400. The highest BCUT2D eigenvalue weighted by molar-refractivity contribution is 5.59. The van der Waals surface area contributed by atoms with Crippen molar-refractivity contribution in [1.29, 1.82) is 0 Å². The van der Waals surface area contributed by atoms with Gasteiger partial charge in [0.25, 0.3) is 0 Å². The highest BCUT2D eigenvalue weighted by Gasteiger charge is 2.19. The first-order chi connectivity index (χ1) is 9.22. The molecule has 1 aromatic carbocycles. The Balaban J connectivity index is 1.67. The maximum atomic E-state index is 13.5. The number of nitrogens with one attached hydrogen (secondary N) is 2. The molecule has 1 aromatic heterocycles. The minimum atomic E-state index is -0.177. The normalized spacial score (nSPS) is 14.8. The zero-order valence-corrected chi connectivity index (χ0v) is 11.0. The van der Waals surface area contributed by atoms with Crippen LogP contribution in [-0.4, -0.2) is 22.6 Å². The number of halogens is 1. The average molecular weight is 259 g/mol. The van der Waals surface area contributed by atoms with E-state index < -0.39 is 0 Å². The molecule has 1 fully saturated rings. The van der Waals surface area contributed by atoms with Gasteiger partial charge in [-0.15, -0.1) is 0 Å². The number of nitrogens with zero attached hydrogens (tertiary/aromatic N) is 1. The van der Waals surface area contributed by atoms with E-state index in [1.807, 2.05) is 6.07 Å². The molecule has 2 N–H and O–H groups in total. The molecule has 0 amide bonds. The third-order valence-electron chi connectivity index (χ3n) is 3.48. The smallest absolute Gasteiger partial charge is 0.126 e. The Morgan fingerprint density at radius 2 is 2.26 bits per heavy atom. The van der Waals surface area contributed by atoms with Crippen molar-refractivity contribution in [3.63, 3.8) is 0 Å². The van der Waals surface area contributed by atoms with Crippen LogP contribution in [0.5, 0.6) is 0 Å². The van der Waals surface area contributed by atoms with Gasteiger partial charge in [0.15, 0.2) is 0 Å². The summed E-state index contributed by atoms with van der Waals surface area (Å²) in [7, 11) is 0. The summed E-state index contributed by atoms with van der Waals surface area (Å²) in [6.45, 7) is 2.71. The molecule has 3 rings (SSSR count). The lowest BCUT2D eigenvalue weighted by Crippen LogP contribution is -2.19. The number of benzene rings is 1. The quantitative estimate of drug-likeness (QED) is 0.867. The van der Waals surface area contributed by atoms with Crippen molar-refractivity contribution in [3.8, 4) is 11.3 Å². The molecule has 1 aliphatic carbocycles.